The van der Waals surface area contributed by atoms with Crippen LogP contribution in [0.2, 0.25) is 10.0 Å². The lowest BCUT2D eigenvalue weighted by molar-refractivity contribution is -0.117. The summed E-state index contributed by atoms with van der Waals surface area (Å²) in [4.78, 5) is 32.0. The van der Waals surface area contributed by atoms with Crippen LogP contribution in [0.3, 0.4) is 0 Å². The molecular formula is C24H13Cl2FN2O4. The predicted molar refractivity (Wildman–Crippen MR) is 121 cm³/mol. The molecule has 33 heavy (non-hydrogen) atoms. The van der Waals surface area contributed by atoms with Gasteiger partial charge < -0.3 is 9.52 Å². The first-order chi connectivity index (χ1) is 15.8. The van der Waals surface area contributed by atoms with E-state index >= 15 is 0 Å². The first-order valence-corrected chi connectivity index (χ1v) is 10.5. The van der Waals surface area contributed by atoms with Crippen molar-refractivity contribution in [1.29, 1.82) is 0 Å². The van der Waals surface area contributed by atoms with Crippen molar-refractivity contribution < 1.29 is 23.5 Å². The second-order valence-corrected chi connectivity index (χ2v) is 8.16. The first-order valence-electron chi connectivity index (χ1n) is 9.71. The Morgan fingerprint density at radius 3 is 2.64 bits per heavy atom. The summed E-state index contributed by atoms with van der Waals surface area (Å²) in [6.07, 6.45) is 1.50. The van der Waals surface area contributed by atoms with Crippen molar-refractivity contribution in [3.05, 3.63) is 106 Å². The summed E-state index contributed by atoms with van der Waals surface area (Å²) < 4.78 is 19.4. The lowest BCUT2D eigenvalue weighted by Crippen LogP contribution is -2.31. The molecule has 9 heteroatoms. The maximum absolute atomic E-state index is 13.8. The molecule has 6 nitrogen and oxygen atoms in total. The van der Waals surface area contributed by atoms with Crippen molar-refractivity contribution >= 4 is 51.5 Å². The van der Waals surface area contributed by atoms with E-state index in [4.69, 9.17) is 27.6 Å². The molecule has 0 aliphatic carbocycles. The number of carbonyl (C=O) groups excluding carboxylic acids is 2. The lowest BCUT2D eigenvalue weighted by Gasteiger charge is -2.26. The van der Waals surface area contributed by atoms with Gasteiger partial charge in [-0.1, -0.05) is 29.3 Å². The number of aromatic nitrogens is 1. The number of benzene rings is 2. The minimum atomic E-state index is -1.09. The van der Waals surface area contributed by atoms with Crippen LogP contribution in [-0.2, 0) is 4.79 Å². The van der Waals surface area contributed by atoms with E-state index in [0.29, 0.717) is 21.7 Å². The van der Waals surface area contributed by atoms with Gasteiger partial charge in [-0.3, -0.25) is 19.5 Å². The van der Waals surface area contributed by atoms with Crippen molar-refractivity contribution in [1.82, 2.24) is 4.98 Å². The van der Waals surface area contributed by atoms with Gasteiger partial charge in [-0.2, -0.15) is 0 Å². The molecule has 0 saturated heterocycles. The predicted octanol–water partition coefficient (Wildman–Crippen LogP) is 6.06. The number of furan rings is 1. The number of nitrogens with zero attached hydrogens (tertiary/aromatic N) is 2. The lowest BCUT2D eigenvalue weighted by atomic mass is 9.98. The van der Waals surface area contributed by atoms with Crippen LogP contribution in [-0.4, -0.2) is 21.8 Å². The van der Waals surface area contributed by atoms with Crippen LogP contribution in [0.15, 0.2) is 82.6 Å². The Bertz CT molecular complexity index is 1470. The van der Waals surface area contributed by atoms with Crippen molar-refractivity contribution in [3.63, 3.8) is 0 Å². The Kier molecular flexibility index (Phi) is 5.15. The van der Waals surface area contributed by atoms with Crippen molar-refractivity contribution in [2.75, 3.05) is 4.90 Å². The average Bonchev–Trinajstić information content (AvgIpc) is 3.34. The molecule has 4 aromatic rings. The van der Waals surface area contributed by atoms with Gasteiger partial charge in [0.25, 0.3) is 5.91 Å². The van der Waals surface area contributed by atoms with Crippen molar-refractivity contribution in [3.8, 4) is 0 Å². The van der Waals surface area contributed by atoms with Gasteiger partial charge >= 0.3 is 0 Å². The fourth-order valence-electron chi connectivity index (χ4n) is 3.81. The van der Waals surface area contributed by atoms with Crippen LogP contribution in [0.1, 0.15) is 22.3 Å². The largest absolute Gasteiger partial charge is 0.503 e. The fraction of sp³-hybridized carbons (Fsp3) is 0.0417. The number of pyridine rings is 1. The van der Waals surface area contributed by atoms with Gasteiger partial charge in [0.2, 0.25) is 5.78 Å². The summed E-state index contributed by atoms with van der Waals surface area (Å²) in [5.41, 5.74) is 0.707. The molecule has 2 aromatic carbocycles. The molecule has 1 amide bonds. The molecule has 0 radical (unpaired) electrons. The second-order valence-electron chi connectivity index (χ2n) is 7.31. The highest BCUT2D eigenvalue weighted by Crippen LogP contribution is 2.42. The number of aliphatic hydroxyl groups is 1. The molecule has 0 saturated carbocycles. The summed E-state index contributed by atoms with van der Waals surface area (Å²) in [6, 6.07) is 13.9. The summed E-state index contributed by atoms with van der Waals surface area (Å²) in [5.74, 6) is -3.05. The molecule has 0 fully saturated rings. The zero-order valence-corrected chi connectivity index (χ0v) is 18.1. The number of halogens is 3. The third kappa shape index (κ3) is 3.55. The Morgan fingerprint density at radius 1 is 1.09 bits per heavy atom. The number of fused-ring (bicyclic) bond motifs is 1. The van der Waals surface area contributed by atoms with E-state index in [1.165, 1.54) is 24.4 Å². The van der Waals surface area contributed by atoms with Crippen LogP contribution >= 0.6 is 23.2 Å². The molecule has 0 bridgehead atoms. The van der Waals surface area contributed by atoms with Gasteiger partial charge in [-0.05, 0) is 54.6 Å². The number of aliphatic hydroxyl groups excluding tert-OH is 1. The smallest absolute Gasteiger partial charge is 0.294 e. The summed E-state index contributed by atoms with van der Waals surface area (Å²) in [7, 11) is 0. The highest BCUT2D eigenvalue weighted by molar-refractivity contribution is 6.31. The van der Waals surface area contributed by atoms with Gasteiger partial charge in [-0.15, -0.1) is 0 Å². The van der Waals surface area contributed by atoms with Gasteiger partial charge in [0.05, 0.1) is 16.3 Å². The number of carbonyl (C=O) groups is 2. The molecule has 2 aromatic heterocycles. The minimum absolute atomic E-state index is 0.0819. The molecule has 164 valence electrons. The number of hydrogen-bond acceptors (Lipinski definition) is 5. The zero-order valence-electron chi connectivity index (χ0n) is 16.6. The minimum Gasteiger partial charge on any atom is -0.503 e. The Balaban J connectivity index is 1.66. The summed E-state index contributed by atoms with van der Waals surface area (Å²) in [5, 5.41) is 11.6. The number of amides is 1. The number of hydrogen-bond donors (Lipinski definition) is 1. The molecule has 1 aliphatic heterocycles. The van der Waals surface area contributed by atoms with Crippen LogP contribution in [0.5, 0.6) is 0 Å². The van der Waals surface area contributed by atoms with Crippen LogP contribution in [0.4, 0.5) is 10.1 Å². The van der Waals surface area contributed by atoms with Gasteiger partial charge in [-0.25, -0.2) is 4.39 Å². The number of rotatable bonds is 4. The van der Waals surface area contributed by atoms with Crippen LogP contribution < -0.4 is 4.90 Å². The third-order valence-corrected chi connectivity index (χ3v) is 5.83. The second kappa shape index (κ2) is 8.03. The number of ketones is 1. The molecule has 1 unspecified atom stereocenters. The monoisotopic (exact) mass is 482 g/mol. The Morgan fingerprint density at radius 2 is 1.91 bits per heavy atom. The van der Waals surface area contributed by atoms with Crippen LogP contribution in [0, 0.1) is 5.82 Å². The highest BCUT2D eigenvalue weighted by atomic mass is 35.5. The van der Waals surface area contributed by atoms with Gasteiger partial charge in [0.15, 0.2) is 11.5 Å². The summed E-state index contributed by atoms with van der Waals surface area (Å²) in [6.45, 7) is 0. The summed E-state index contributed by atoms with van der Waals surface area (Å²) >= 11 is 11.9. The van der Waals surface area contributed by atoms with E-state index in [1.807, 2.05) is 0 Å². The fourth-order valence-corrected chi connectivity index (χ4v) is 4.17. The first kappa shape index (κ1) is 21.2. The highest BCUT2D eigenvalue weighted by Gasteiger charge is 2.46. The quantitative estimate of drug-likeness (QED) is 0.357. The molecule has 3 heterocycles. The molecule has 1 aliphatic rings. The Hall–Kier alpha value is -3.68. The normalized spacial score (nSPS) is 16.2. The number of Topliss-reactive ketones (excluding diaryl/α,β-unsaturated/α-hetero) is 1. The maximum Gasteiger partial charge on any atom is 0.294 e. The standard InChI is InChI=1S/C24H13Cl2FN2O4/c25-13-4-7-18-12(9-13)10-19(33-18)22(30)20-21(17-3-1-2-8-28-17)29(24(32)23(20)31)14-5-6-16(27)15(26)11-14/h1-11,21,31H. The van der Waals surface area contributed by atoms with Crippen molar-refractivity contribution in [2.45, 2.75) is 6.04 Å². The van der Waals surface area contributed by atoms with Crippen molar-refractivity contribution in [2.24, 2.45) is 0 Å². The van der Waals surface area contributed by atoms with E-state index in [2.05, 4.69) is 4.98 Å². The average molecular weight is 483 g/mol. The topological polar surface area (TPSA) is 83.6 Å². The Labute approximate surface area is 196 Å². The van der Waals surface area contributed by atoms with E-state index in [-0.39, 0.29) is 22.0 Å². The zero-order chi connectivity index (χ0) is 23.3. The van der Waals surface area contributed by atoms with Gasteiger partial charge in [0, 0.05) is 22.3 Å². The SMILES string of the molecule is O=C(C1=C(O)C(=O)N(c2ccc(F)c(Cl)c2)C1c1ccccn1)c1cc2cc(Cl)ccc2o1. The third-order valence-electron chi connectivity index (χ3n) is 5.30. The van der Waals surface area contributed by atoms with Crippen LogP contribution in [0.25, 0.3) is 11.0 Å². The molecule has 1 atom stereocenters. The molecule has 0 spiro atoms. The van der Waals surface area contributed by atoms with E-state index in [9.17, 15) is 19.1 Å². The van der Waals surface area contributed by atoms with E-state index < -0.39 is 29.3 Å². The van der Waals surface area contributed by atoms with E-state index in [1.54, 1.807) is 36.4 Å². The number of anilines is 1. The molecular weight excluding hydrogens is 470 g/mol. The maximum atomic E-state index is 13.8. The van der Waals surface area contributed by atoms with E-state index in [0.717, 1.165) is 11.0 Å². The molecule has 1 N–H and O–H groups in total. The van der Waals surface area contributed by atoms with Gasteiger partial charge in [0.1, 0.15) is 17.4 Å². The molecule has 5 rings (SSSR count).